The van der Waals surface area contributed by atoms with Crippen molar-refractivity contribution in [3.8, 4) is 0 Å². The van der Waals surface area contributed by atoms with E-state index in [1.165, 1.54) is 0 Å². The van der Waals surface area contributed by atoms with Gasteiger partial charge in [0.1, 0.15) is 0 Å². The minimum absolute atomic E-state index is 0. The van der Waals surface area contributed by atoms with E-state index in [0.29, 0.717) is 19.8 Å². The summed E-state index contributed by atoms with van der Waals surface area (Å²) < 4.78 is 45.3. The van der Waals surface area contributed by atoms with E-state index in [4.69, 9.17) is 19.3 Å². The third kappa shape index (κ3) is 19.3. The molecule has 0 radical (unpaired) electrons. The summed E-state index contributed by atoms with van der Waals surface area (Å²) in [7, 11) is -4.19. The second-order valence-electron chi connectivity index (χ2n) is 2.82. The van der Waals surface area contributed by atoms with Crippen LogP contribution in [0, 0.1) is 0 Å². The zero-order chi connectivity index (χ0) is 12.3. The van der Waals surface area contributed by atoms with Gasteiger partial charge in [0.25, 0.3) is 0 Å². The molecule has 0 aromatic carbocycles. The predicted octanol–water partition coefficient (Wildman–Crippen LogP) is -4.42. The van der Waals surface area contributed by atoms with Crippen LogP contribution in [0.1, 0.15) is 0 Å². The largest absolute Gasteiger partial charge is 1.00 e. The van der Waals surface area contributed by atoms with E-state index < -0.39 is 15.9 Å². The van der Waals surface area contributed by atoms with Gasteiger partial charge >= 0.3 is 29.6 Å². The molecular formula is C8H17NaO7S. The van der Waals surface area contributed by atoms with Gasteiger partial charge in [0.05, 0.1) is 62.1 Å². The number of rotatable bonds is 11. The number of ether oxygens (including phenoxy) is 3. The Labute approximate surface area is 123 Å². The van der Waals surface area contributed by atoms with Crippen molar-refractivity contribution in [1.29, 1.82) is 0 Å². The fourth-order valence-electron chi connectivity index (χ4n) is 0.767. The molecule has 0 fully saturated rings. The van der Waals surface area contributed by atoms with Crippen LogP contribution in [0.5, 0.6) is 0 Å². The number of aliphatic hydroxyl groups excluding tert-OH is 1. The summed E-state index contributed by atoms with van der Waals surface area (Å²) in [5, 5.41) is 8.37. The molecule has 0 spiro atoms. The smallest absolute Gasteiger partial charge is 0.748 e. The van der Waals surface area contributed by atoms with Crippen molar-refractivity contribution in [2.24, 2.45) is 0 Å². The Kier molecular flexibility index (Phi) is 15.6. The first-order valence-corrected chi connectivity index (χ1v) is 6.41. The van der Waals surface area contributed by atoms with Gasteiger partial charge < -0.3 is 23.9 Å². The van der Waals surface area contributed by atoms with Crippen LogP contribution in [-0.4, -0.2) is 70.1 Å². The van der Waals surface area contributed by atoms with Crippen molar-refractivity contribution < 1.29 is 61.8 Å². The van der Waals surface area contributed by atoms with Crippen LogP contribution in [0.25, 0.3) is 0 Å². The van der Waals surface area contributed by atoms with Crippen LogP contribution in [0.4, 0.5) is 0 Å². The predicted molar refractivity (Wildman–Crippen MR) is 54.1 cm³/mol. The molecule has 0 unspecified atom stereocenters. The molecule has 98 valence electrons. The van der Waals surface area contributed by atoms with E-state index >= 15 is 0 Å². The van der Waals surface area contributed by atoms with Gasteiger partial charge in [0.15, 0.2) is 0 Å². The van der Waals surface area contributed by atoms with Gasteiger partial charge in [0.2, 0.25) is 0 Å². The molecule has 17 heavy (non-hydrogen) atoms. The SMILES string of the molecule is O=S(=O)([O-])CCOCCOCCOCCO.[Na+]. The summed E-state index contributed by atoms with van der Waals surface area (Å²) in [5.41, 5.74) is 0. The van der Waals surface area contributed by atoms with E-state index in [0.717, 1.165) is 0 Å². The summed E-state index contributed by atoms with van der Waals surface area (Å²) >= 11 is 0. The first kappa shape index (κ1) is 20.1. The van der Waals surface area contributed by atoms with Crippen LogP contribution in [0.3, 0.4) is 0 Å². The van der Waals surface area contributed by atoms with Crippen LogP contribution < -0.4 is 29.6 Å². The molecule has 0 rings (SSSR count). The zero-order valence-electron chi connectivity index (χ0n) is 9.96. The maximum Gasteiger partial charge on any atom is 1.00 e. The zero-order valence-corrected chi connectivity index (χ0v) is 12.8. The summed E-state index contributed by atoms with van der Waals surface area (Å²) in [5.74, 6) is -0.521. The fraction of sp³-hybridized carbons (Fsp3) is 1.00. The van der Waals surface area contributed by atoms with E-state index in [1.54, 1.807) is 0 Å². The summed E-state index contributed by atoms with van der Waals surface area (Å²) in [4.78, 5) is 0. The Morgan fingerprint density at radius 3 is 1.71 bits per heavy atom. The van der Waals surface area contributed by atoms with E-state index in [9.17, 15) is 13.0 Å². The standard InChI is InChI=1S/C8H18O7S.Na/c9-1-2-13-3-4-14-5-6-15-7-8-16(10,11)12;/h9H,1-8H2,(H,10,11,12);/q;+1/p-1. The fourth-order valence-corrected chi connectivity index (χ4v) is 1.09. The van der Waals surface area contributed by atoms with Crippen LogP contribution >= 0.6 is 0 Å². The average molecular weight is 280 g/mol. The van der Waals surface area contributed by atoms with Crippen molar-refractivity contribution >= 4 is 10.1 Å². The minimum Gasteiger partial charge on any atom is -0.748 e. The summed E-state index contributed by atoms with van der Waals surface area (Å²) in [6.45, 7) is 1.44. The van der Waals surface area contributed by atoms with E-state index in [2.05, 4.69) is 0 Å². The molecular weight excluding hydrogens is 263 g/mol. The molecule has 0 aliphatic carbocycles. The van der Waals surface area contributed by atoms with Crippen LogP contribution in [0.15, 0.2) is 0 Å². The number of hydrogen-bond donors (Lipinski definition) is 1. The Balaban J connectivity index is 0. The molecule has 0 aliphatic heterocycles. The third-order valence-corrected chi connectivity index (χ3v) is 2.12. The molecule has 0 atom stereocenters. The van der Waals surface area contributed by atoms with Gasteiger partial charge in [-0.3, -0.25) is 0 Å². The molecule has 0 aliphatic rings. The normalized spacial score (nSPS) is 11.2. The van der Waals surface area contributed by atoms with E-state index in [-0.39, 0.29) is 56.0 Å². The summed E-state index contributed by atoms with van der Waals surface area (Å²) in [6.07, 6.45) is 0. The first-order valence-electron chi connectivity index (χ1n) is 4.84. The van der Waals surface area contributed by atoms with Crippen molar-refractivity contribution in [2.45, 2.75) is 0 Å². The van der Waals surface area contributed by atoms with Gasteiger partial charge in [-0.25, -0.2) is 8.42 Å². The van der Waals surface area contributed by atoms with E-state index in [1.807, 2.05) is 0 Å². The monoisotopic (exact) mass is 280 g/mol. The third-order valence-electron chi connectivity index (χ3n) is 1.46. The van der Waals surface area contributed by atoms with Gasteiger partial charge in [-0.1, -0.05) is 0 Å². The molecule has 0 aromatic rings. The maximum absolute atomic E-state index is 10.2. The van der Waals surface area contributed by atoms with Crippen molar-refractivity contribution in [3.05, 3.63) is 0 Å². The minimum atomic E-state index is -4.19. The second kappa shape index (κ2) is 13.2. The van der Waals surface area contributed by atoms with Crippen molar-refractivity contribution in [1.82, 2.24) is 0 Å². The van der Waals surface area contributed by atoms with Crippen molar-refractivity contribution in [2.75, 3.05) is 52.0 Å². The molecule has 0 bridgehead atoms. The molecule has 1 N–H and O–H groups in total. The molecule has 7 nitrogen and oxygen atoms in total. The van der Waals surface area contributed by atoms with Crippen LogP contribution in [-0.2, 0) is 24.3 Å². The topological polar surface area (TPSA) is 105 Å². The second-order valence-corrected chi connectivity index (χ2v) is 4.35. The molecule has 0 saturated heterocycles. The van der Waals surface area contributed by atoms with Gasteiger partial charge in [0, 0.05) is 0 Å². The Bertz CT molecular complexity index is 244. The average Bonchev–Trinajstić information content (AvgIpc) is 2.19. The molecule has 0 aromatic heterocycles. The van der Waals surface area contributed by atoms with Gasteiger partial charge in [-0.15, -0.1) is 0 Å². The molecule has 9 heteroatoms. The maximum atomic E-state index is 10.2. The van der Waals surface area contributed by atoms with Gasteiger partial charge in [-0.05, 0) is 0 Å². The Morgan fingerprint density at radius 2 is 1.29 bits per heavy atom. The first-order chi connectivity index (χ1) is 7.56. The summed E-state index contributed by atoms with van der Waals surface area (Å²) in [6, 6.07) is 0. The number of aliphatic hydroxyl groups is 1. The quantitative estimate of drug-likeness (QED) is 0.231. The Hall–Kier alpha value is 0.750. The molecule has 0 saturated carbocycles. The van der Waals surface area contributed by atoms with Crippen LogP contribution in [0.2, 0.25) is 0 Å². The number of hydrogen-bond acceptors (Lipinski definition) is 7. The molecule has 0 amide bonds. The molecule has 0 heterocycles. The Morgan fingerprint density at radius 1 is 0.882 bits per heavy atom. The van der Waals surface area contributed by atoms with Gasteiger partial charge in [-0.2, -0.15) is 0 Å². The van der Waals surface area contributed by atoms with Crippen molar-refractivity contribution in [3.63, 3.8) is 0 Å².